The predicted octanol–water partition coefficient (Wildman–Crippen LogP) is 6.00. The molecule has 0 aliphatic heterocycles. The zero-order valence-corrected chi connectivity index (χ0v) is 16.7. The molecular formula is C19H15F7N4S. The lowest BCUT2D eigenvalue weighted by atomic mass is 10.2. The lowest BCUT2D eigenvalue weighted by Gasteiger charge is -2.13. The lowest BCUT2D eigenvalue weighted by molar-refractivity contribution is -0.144. The number of thioether (sulfide) groups is 1. The van der Waals surface area contributed by atoms with Crippen molar-refractivity contribution in [2.24, 2.45) is 0 Å². The van der Waals surface area contributed by atoms with E-state index in [-0.39, 0.29) is 17.0 Å². The first-order chi connectivity index (χ1) is 14.4. The molecule has 0 saturated carbocycles. The summed E-state index contributed by atoms with van der Waals surface area (Å²) in [5, 5.41) is 6.03. The molecule has 0 aliphatic carbocycles. The van der Waals surface area contributed by atoms with E-state index in [1.807, 2.05) is 0 Å². The molecule has 2 aromatic carbocycles. The van der Waals surface area contributed by atoms with Crippen LogP contribution in [0.3, 0.4) is 0 Å². The van der Waals surface area contributed by atoms with Crippen LogP contribution in [0.2, 0.25) is 0 Å². The summed E-state index contributed by atoms with van der Waals surface area (Å²) in [7, 11) is 0. The van der Waals surface area contributed by atoms with Crippen molar-refractivity contribution in [3.63, 3.8) is 0 Å². The fourth-order valence-corrected chi connectivity index (χ4v) is 3.41. The van der Waals surface area contributed by atoms with Crippen LogP contribution in [0.25, 0.3) is 5.69 Å². The molecule has 1 aromatic heterocycles. The molecule has 0 bridgehead atoms. The van der Waals surface area contributed by atoms with Gasteiger partial charge in [0.15, 0.2) is 0 Å². The molecule has 1 N–H and O–H groups in total. The highest BCUT2D eigenvalue weighted by atomic mass is 32.2. The summed E-state index contributed by atoms with van der Waals surface area (Å²) >= 11 is 0.404. The minimum atomic E-state index is -4.90. The van der Waals surface area contributed by atoms with Gasteiger partial charge in [0.05, 0.1) is 5.75 Å². The van der Waals surface area contributed by atoms with Crippen molar-refractivity contribution in [2.45, 2.75) is 30.7 Å². The van der Waals surface area contributed by atoms with Gasteiger partial charge in [-0.3, -0.25) is 0 Å². The van der Waals surface area contributed by atoms with Crippen molar-refractivity contribution in [1.29, 1.82) is 0 Å². The van der Waals surface area contributed by atoms with E-state index < -0.39 is 41.4 Å². The Labute approximate surface area is 176 Å². The zero-order chi connectivity index (χ0) is 22.8. The van der Waals surface area contributed by atoms with Gasteiger partial charge in [0.1, 0.15) is 11.5 Å². The Morgan fingerprint density at radius 1 is 1.03 bits per heavy atom. The molecule has 0 atom stereocenters. The third-order valence-electron chi connectivity index (χ3n) is 4.02. The maximum absolute atomic E-state index is 14.6. The van der Waals surface area contributed by atoms with Crippen LogP contribution in [0.4, 0.5) is 36.7 Å². The van der Waals surface area contributed by atoms with Gasteiger partial charge in [0, 0.05) is 11.4 Å². The fourth-order valence-electron chi connectivity index (χ4n) is 2.61. The Bertz CT molecular complexity index is 1050. The molecule has 3 aromatic rings. The fraction of sp³-hybridized carbons (Fsp3) is 0.263. The number of alkyl halides is 6. The maximum atomic E-state index is 14.6. The third kappa shape index (κ3) is 5.90. The van der Waals surface area contributed by atoms with E-state index in [0.29, 0.717) is 16.4 Å². The van der Waals surface area contributed by atoms with Crippen LogP contribution in [0.1, 0.15) is 17.0 Å². The number of aryl methyl sites for hydroxylation is 1. The Hall–Kier alpha value is -2.76. The van der Waals surface area contributed by atoms with E-state index in [0.717, 1.165) is 17.7 Å². The van der Waals surface area contributed by atoms with Gasteiger partial charge in [-0.25, -0.2) is 4.39 Å². The van der Waals surface area contributed by atoms with Crippen molar-refractivity contribution in [2.75, 3.05) is 11.1 Å². The first-order valence-corrected chi connectivity index (χ1v) is 9.75. The van der Waals surface area contributed by atoms with Crippen LogP contribution >= 0.6 is 11.8 Å². The summed E-state index contributed by atoms with van der Waals surface area (Å²) in [5.41, 5.74) is 0.482. The molecular weight excluding hydrogens is 449 g/mol. The van der Waals surface area contributed by atoms with Crippen LogP contribution in [-0.2, 0) is 12.7 Å². The second-order valence-electron chi connectivity index (χ2n) is 6.48. The maximum Gasteiger partial charge on any atom is 0.453 e. The summed E-state index contributed by atoms with van der Waals surface area (Å²) in [6.45, 7) is 1.47. The second-order valence-corrected chi connectivity index (χ2v) is 7.50. The molecule has 0 aliphatic rings. The molecule has 0 amide bonds. The van der Waals surface area contributed by atoms with E-state index >= 15 is 0 Å². The van der Waals surface area contributed by atoms with Crippen molar-refractivity contribution in [3.8, 4) is 5.69 Å². The van der Waals surface area contributed by atoms with Gasteiger partial charge >= 0.3 is 12.4 Å². The first kappa shape index (κ1) is 22.9. The Morgan fingerprint density at radius 2 is 1.71 bits per heavy atom. The molecule has 166 valence electrons. The summed E-state index contributed by atoms with van der Waals surface area (Å²) < 4.78 is 92.5. The molecule has 12 heteroatoms. The van der Waals surface area contributed by atoms with Gasteiger partial charge in [0.25, 0.3) is 5.82 Å². The van der Waals surface area contributed by atoms with E-state index in [1.165, 1.54) is 6.92 Å². The van der Waals surface area contributed by atoms with Gasteiger partial charge < -0.3 is 5.32 Å². The minimum Gasteiger partial charge on any atom is -0.350 e. The van der Waals surface area contributed by atoms with E-state index in [2.05, 4.69) is 15.4 Å². The summed E-state index contributed by atoms with van der Waals surface area (Å²) in [6, 6.07) is 10.6. The van der Waals surface area contributed by atoms with E-state index in [9.17, 15) is 30.7 Å². The first-order valence-electron chi connectivity index (χ1n) is 8.76. The predicted molar refractivity (Wildman–Crippen MR) is 102 cm³/mol. The normalized spacial score (nSPS) is 12.3. The molecule has 1 heterocycles. The van der Waals surface area contributed by atoms with Crippen LogP contribution < -0.4 is 5.32 Å². The molecule has 0 saturated heterocycles. The van der Waals surface area contributed by atoms with Crippen molar-refractivity contribution in [1.82, 2.24) is 14.8 Å². The summed E-state index contributed by atoms with van der Waals surface area (Å²) in [4.78, 5) is 3.48. The average molecular weight is 464 g/mol. The highest BCUT2D eigenvalue weighted by Crippen LogP contribution is 2.34. The zero-order valence-electron chi connectivity index (χ0n) is 15.9. The highest BCUT2D eigenvalue weighted by molar-refractivity contribution is 7.99. The van der Waals surface area contributed by atoms with E-state index in [1.54, 1.807) is 30.3 Å². The van der Waals surface area contributed by atoms with Gasteiger partial charge in [-0.05, 0) is 30.2 Å². The Morgan fingerprint density at radius 3 is 2.32 bits per heavy atom. The molecule has 0 spiro atoms. The largest absolute Gasteiger partial charge is 0.453 e. The lowest BCUT2D eigenvalue weighted by Crippen LogP contribution is -2.12. The number of halogens is 7. The summed E-state index contributed by atoms with van der Waals surface area (Å²) in [6.07, 6.45) is -9.37. The Kier molecular flexibility index (Phi) is 6.48. The van der Waals surface area contributed by atoms with Crippen molar-refractivity contribution in [3.05, 3.63) is 65.2 Å². The SMILES string of the molecule is Cc1cc(F)c(-n2nc(C(F)(F)F)nc2NCc2ccccc2)cc1SCC(F)(F)F. The molecule has 3 rings (SSSR count). The molecule has 31 heavy (non-hydrogen) atoms. The van der Waals surface area contributed by atoms with Crippen LogP contribution in [0, 0.1) is 12.7 Å². The number of hydrogen-bond acceptors (Lipinski definition) is 4. The van der Waals surface area contributed by atoms with Gasteiger partial charge in [-0.1, -0.05) is 30.3 Å². The monoisotopic (exact) mass is 464 g/mol. The van der Waals surface area contributed by atoms with Gasteiger partial charge in [0.2, 0.25) is 5.95 Å². The minimum absolute atomic E-state index is 0.0618. The number of anilines is 1. The standard InChI is InChI=1S/C19H15F7N4S/c1-11-7-13(20)14(8-15(11)31-10-18(21,22)23)30-17(28-16(29-30)19(24,25)26)27-9-12-5-3-2-4-6-12/h2-8H,9-10H2,1H3,(H,27,28,29). The number of rotatable bonds is 6. The number of nitrogens with one attached hydrogen (secondary N) is 1. The molecule has 0 unspecified atom stereocenters. The van der Waals surface area contributed by atoms with Crippen molar-refractivity contribution >= 4 is 17.7 Å². The molecule has 4 nitrogen and oxygen atoms in total. The number of aromatic nitrogens is 3. The van der Waals surface area contributed by atoms with E-state index in [4.69, 9.17) is 0 Å². The van der Waals surface area contributed by atoms with Crippen molar-refractivity contribution < 1.29 is 30.7 Å². The molecule has 0 fully saturated rings. The number of nitrogens with zero attached hydrogens (tertiary/aromatic N) is 3. The smallest absolute Gasteiger partial charge is 0.350 e. The number of benzene rings is 2. The Balaban J connectivity index is 2.00. The average Bonchev–Trinajstić information content (AvgIpc) is 3.10. The topological polar surface area (TPSA) is 42.7 Å². The summed E-state index contributed by atoms with van der Waals surface area (Å²) in [5.74, 6) is -4.09. The van der Waals surface area contributed by atoms with Gasteiger partial charge in [-0.2, -0.15) is 36.0 Å². The third-order valence-corrected chi connectivity index (χ3v) is 5.24. The van der Waals surface area contributed by atoms with Crippen LogP contribution in [0.5, 0.6) is 0 Å². The highest BCUT2D eigenvalue weighted by Gasteiger charge is 2.37. The van der Waals surface area contributed by atoms with Crippen LogP contribution in [-0.4, -0.2) is 26.7 Å². The quantitative estimate of drug-likeness (QED) is 0.359. The van der Waals surface area contributed by atoms with Gasteiger partial charge in [-0.15, -0.1) is 16.9 Å². The second kappa shape index (κ2) is 8.77. The molecule has 0 radical (unpaired) electrons. The van der Waals surface area contributed by atoms with Crippen LogP contribution in [0.15, 0.2) is 47.4 Å². The number of hydrogen-bond donors (Lipinski definition) is 1.